The van der Waals surface area contributed by atoms with Gasteiger partial charge in [0.2, 0.25) is 5.91 Å². The number of ether oxygens (including phenoxy) is 1. The zero-order valence-corrected chi connectivity index (χ0v) is 20.4. The minimum Gasteiger partial charge on any atom is -0.423 e. The number of halogens is 1. The molecule has 11 heteroatoms. The first-order valence-electron chi connectivity index (χ1n) is 10.7. The van der Waals surface area contributed by atoms with Crippen molar-refractivity contribution in [2.24, 2.45) is 5.10 Å². The Labute approximate surface area is 214 Å². The summed E-state index contributed by atoms with van der Waals surface area (Å²) in [4.78, 5) is 46.5. The van der Waals surface area contributed by atoms with Gasteiger partial charge in [-0.1, -0.05) is 24.3 Å². The number of carbonyl (C=O) groups is 3. The molecule has 0 aliphatic rings. The first kappa shape index (κ1) is 26.2. The van der Waals surface area contributed by atoms with Gasteiger partial charge in [-0.25, -0.2) is 10.2 Å². The number of nitrogens with one attached hydrogen (secondary N) is 2. The van der Waals surface area contributed by atoms with Crippen LogP contribution in [0.1, 0.15) is 39.1 Å². The summed E-state index contributed by atoms with van der Waals surface area (Å²) in [6.07, 6.45) is 2.00. The summed E-state index contributed by atoms with van der Waals surface area (Å²) in [6.45, 7) is 0.333. The number of nitrogens with zero attached hydrogens (tertiary/aromatic N) is 2. The van der Waals surface area contributed by atoms with Crippen LogP contribution in [0.3, 0.4) is 0 Å². The van der Waals surface area contributed by atoms with Crippen LogP contribution in [0.4, 0.5) is 5.69 Å². The van der Waals surface area contributed by atoms with Crippen molar-refractivity contribution in [3.63, 3.8) is 0 Å². The average molecular weight is 553 g/mol. The fraction of sp³-hybridized carbons (Fsp3) is 0.120. The van der Waals surface area contributed by atoms with Crippen LogP contribution in [0.25, 0.3) is 0 Å². The highest BCUT2D eigenvalue weighted by Crippen LogP contribution is 2.17. The van der Waals surface area contributed by atoms with E-state index in [0.29, 0.717) is 28.6 Å². The Hall–Kier alpha value is -4.38. The zero-order valence-electron chi connectivity index (χ0n) is 18.8. The van der Waals surface area contributed by atoms with Gasteiger partial charge in [0.1, 0.15) is 5.75 Å². The van der Waals surface area contributed by atoms with E-state index in [1.165, 1.54) is 30.5 Å². The molecule has 0 spiro atoms. The predicted octanol–water partition coefficient (Wildman–Crippen LogP) is 4.24. The largest absolute Gasteiger partial charge is 0.423 e. The lowest BCUT2D eigenvalue weighted by Crippen LogP contribution is -2.26. The van der Waals surface area contributed by atoms with Crippen LogP contribution in [-0.2, 0) is 4.79 Å². The Bertz CT molecular complexity index is 1290. The van der Waals surface area contributed by atoms with E-state index in [2.05, 4.69) is 31.8 Å². The second-order valence-electron chi connectivity index (χ2n) is 7.40. The zero-order chi connectivity index (χ0) is 25.9. The molecule has 0 bridgehead atoms. The lowest BCUT2D eigenvalue weighted by molar-refractivity contribution is -0.384. The molecule has 0 unspecified atom stereocenters. The van der Waals surface area contributed by atoms with Crippen LogP contribution < -0.4 is 15.5 Å². The Morgan fingerprint density at radius 1 is 1.03 bits per heavy atom. The first-order chi connectivity index (χ1) is 17.3. The van der Waals surface area contributed by atoms with E-state index in [-0.39, 0.29) is 35.2 Å². The van der Waals surface area contributed by atoms with Crippen LogP contribution >= 0.6 is 15.9 Å². The lowest BCUT2D eigenvalue weighted by Gasteiger charge is -2.06. The van der Waals surface area contributed by atoms with Crippen molar-refractivity contribution in [1.29, 1.82) is 0 Å². The Morgan fingerprint density at radius 2 is 1.78 bits per heavy atom. The van der Waals surface area contributed by atoms with Gasteiger partial charge >= 0.3 is 5.97 Å². The van der Waals surface area contributed by atoms with Crippen LogP contribution in [0.15, 0.2) is 82.4 Å². The summed E-state index contributed by atoms with van der Waals surface area (Å²) in [5.41, 5.74) is 3.54. The molecule has 0 heterocycles. The summed E-state index contributed by atoms with van der Waals surface area (Å²) in [6, 6.07) is 18.6. The van der Waals surface area contributed by atoms with Crippen LogP contribution in [0, 0.1) is 10.1 Å². The maximum Gasteiger partial charge on any atom is 0.343 e. The summed E-state index contributed by atoms with van der Waals surface area (Å²) < 4.78 is 5.99. The molecule has 0 saturated carbocycles. The lowest BCUT2D eigenvalue weighted by atomic mass is 10.2. The maximum absolute atomic E-state index is 12.3. The van der Waals surface area contributed by atoms with Gasteiger partial charge in [0.05, 0.1) is 22.3 Å². The van der Waals surface area contributed by atoms with Gasteiger partial charge in [-0.2, -0.15) is 5.10 Å². The highest BCUT2D eigenvalue weighted by Gasteiger charge is 2.12. The van der Waals surface area contributed by atoms with Crippen molar-refractivity contribution in [3.8, 4) is 5.75 Å². The van der Waals surface area contributed by atoms with E-state index in [1.54, 1.807) is 42.5 Å². The van der Waals surface area contributed by atoms with Gasteiger partial charge < -0.3 is 10.1 Å². The number of hydrazone groups is 1. The van der Waals surface area contributed by atoms with E-state index in [9.17, 15) is 24.5 Å². The average Bonchev–Trinajstić information content (AvgIpc) is 2.87. The minimum absolute atomic E-state index is 0.128. The second-order valence-corrected chi connectivity index (χ2v) is 8.25. The number of amides is 2. The van der Waals surface area contributed by atoms with E-state index in [0.717, 1.165) is 0 Å². The quantitative estimate of drug-likeness (QED) is 0.0962. The van der Waals surface area contributed by atoms with Crippen molar-refractivity contribution in [2.45, 2.75) is 12.8 Å². The number of rotatable bonds is 10. The van der Waals surface area contributed by atoms with E-state index in [1.807, 2.05) is 6.07 Å². The molecule has 0 fully saturated rings. The fourth-order valence-electron chi connectivity index (χ4n) is 2.97. The van der Waals surface area contributed by atoms with Crippen LogP contribution in [0.5, 0.6) is 5.75 Å². The highest BCUT2D eigenvalue weighted by atomic mass is 79.9. The van der Waals surface area contributed by atoms with Gasteiger partial charge in [-0.3, -0.25) is 19.7 Å². The number of carbonyl (C=O) groups excluding carboxylic acids is 3. The van der Waals surface area contributed by atoms with Crippen molar-refractivity contribution < 1.29 is 24.0 Å². The standard InChI is InChI=1S/C25H21BrN4O6/c26-22-8-2-1-7-21(22)24(32)27-14-4-9-23(31)29-28-16-17-5-3-6-20(15-17)36-25(33)18-10-12-19(13-11-18)30(34)35/h1-3,5-8,10-13,15-16H,4,9,14H2,(H,27,32)(H,29,31). The predicted molar refractivity (Wildman–Crippen MR) is 136 cm³/mol. The van der Waals surface area contributed by atoms with Gasteiger partial charge in [0.25, 0.3) is 11.6 Å². The normalized spacial score (nSPS) is 10.6. The molecule has 184 valence electrons. The number of esters is 1. The van der Waals surface area contributed by atoms with E-state index >= 15 is 0 Å². The van der Waals surface area contributed by atoms with Crippen molar-refractivity contribution in [3.05, 3.63) is 104 Å². The molecule has 3 aromatic rings. The molecule has 0 saturated heterocycles. The van der Waals surface area contributed by atoms with Crippen molar-refractivity contribution >= 4 is 45.6 Å². The van der Waals surface area contributed by atoms with Gasteiger partial charge in [0.15, 0.2) is 0 Å². The Morgan fingerprint density at radius 3 is 2.50 bits per heavy atom. The molecule has 0 aliphatic carbocycles. The number of nitro groups is 1. The topological polar surface area (TPSA) is 140 Å². The number of non-ortho nitro benzene ring substituents is 1. The summed E-state index contributed by atoms with van der Waals surface area (Å²) in [5, 5.41) is 17.4. The number of hydrogen-bond acceptors (Lipinski definition) is 7. The molecule has 0 atom stereocenters. The molecule has 0 aliphatic heterocycles. The third-order valence-electron chi connectivity index (χ3n) is 4.77. The summed E-state index contributed by atoms with van der Waals surface area (Å²) >= 11 is 3.32. The SMILES string of the molecule is O=C(CCCNC(=O)c1ccccc1Br)NN=Cc1cccc(OC(=O)c2ccc([N+](=O)[O-])cc2)c1. The van der Waals surface area contributed by atoms with E-state index < -0.39 is 10.9 Å². The molecule has 3 aromatic carbocycles. The number of hydrogen-bond donors (Lipinski definition) is 2. The third kappa shape index (κ3) is 7.84. The molecule has 0 aromatic heterocycles. The molecular weight excluding hydrogens is 532 g/mol. The van der Waals surface area contributed by atoms with Gasteiger partial charge in [-0.15, -0.1) is 0 Å². The van der Waals surface area contributed by atoms with Gasteiger partial charge in [-0.05, 0) is 64.3 Å². The third-order valence-corrected chi connectivity index (χ3v) is 5.46. The summed E-state index contributed by atoms with van der Waals surface area (Å²) in [5.74, 6) is -0.967. The molecule has 10 nitrogen and oxygen atoms in total. The highest BCUT2D eigenvalue weighted by molar-refractivity contribution is 9.10. The van der Waals surface area contributed by atoms with E-state index in [4.69, 9.17) is 4.74 Å². The molecule has 36 heavy (non-hydrogen) atoms. The number of nitro benzene ring substituents is 1. The number of benzene rings is 3. The first-order valence-corrected chi connectivity index (χ1v) is 11.5. The molecule has 2 amide bonds. The molecular formula is C25H21BrN4O6. The van der Waals surface area contributed by atoms with Crippen molar-refractivity contribution in [1.82, 2.24) is 10.7 Å². The maximum atomic E-state index is 12.3. The Balaban J connectivity index is 1.42. The molecule has 2 N–H and O–H groups in total. The second kappa shape index (κ2) is 12.9. The fourth-order valence-corrected chi connectivity index (χ4v) is 3.43. The van der Waals surface area contributed by atoms with Crippen molar-refractivity contribution in [2.75, 3.05) is 6.54 Å². The minimum atomic E-state index is -0.668. The monoisotopic (exact) mass is 552 g/mol. The summed E-state index contributed by atoms with van der Waals surface area (Å²) in [7, 11) is 0. The van der Waals surface area contributed by atoms with Gasteiger partial charge in [0, 0.05) is 29.6 Å². The molecule has 0 radical (unpaired) electrons. The molecule has 3 rings (SSSR count). The van der Waals surface area contributed by atoms with Crippen LogP contribution in [0.2, 0.25) is 0 Å². The smallest absolute Gasteiger partial charge is 0.343 e. The Kier molecular flexibility index (Phi) is 9.40. The van der Waals surface area contributed by atoms with Crippen LogP contribution in [-0.4, -0.2) is 35.5 Å².